The van der Waals surface area contributed by atoms with Crippen molar-refractivity contribution in [2.75, 3.05) is 34.0 Å². The zero-order valence-electron chi connectivity index (χ0n) is 15.1. The van der Waals surface area contributed by atoms with Crippen LogP contribution in [0.3, 0.4) is 0 Å². The molecule has 26 heavy (non-hydrogen) atoms. The molecule has 2 saturated heterocycles. The van der Waals surface area contributed by atoms with Crippen LogP contribution in [0, 0.1) is 17.8 Å². The van der Waals surface area contributed by atoms with Crippen molar-refractivity contribution >= 4 is 5.91 Å². The molecular formula is C20H23NO5. The highest BCUT2D eigenvalue weighted by Gasteiger charge is 2.82. The predicted molar refractivity (Wildman–Crippen MR) is 91.0 cm³/mol. The molecule has 4 fully saturated rings. The molecule has 0 radical (unpaired) electrons. The molecule has 1 unspecified atom stereocenters. The lowest BCUT2D eigenvalue weighted by Crippen LogP contribution is -2.57. The average Bonchev–Trinajstić information content (AvgIpc) is 3.18. The van der Waals surface area contributed by atoms with Crippen LogP contribution in [0.15, 0.2) is 12.1 Å². The summed E-state index contributed by atoms with van der Waals surface area (Å²) in [6.07, 6.45) is 2.60. The Morgan fingerprint density at radius 3 is 2.54 bits per heavy atom. The molecule has 5 aliphatic rings. The van der Waals surface area contributed by atoms with E-state index in [1.54, 1.807) is 14.2 Å². The number of methoxy groups -OCH3 is 2. The number of carbonyl (C=O) groups is 1. The van der Waals surface area contributed by atoms with E-state index in [-0.39, 0.29) is 17.4 Å². The van der Waals surface area contributed by atoms with Crippen LogP contribution in [0.2, 0.25) is 0 Å². The number of rotatable bonds is 2. The Labute approximate surface area is 152 Å². The molecule has 2 aliphatic carbocycles. The van der Waals surface area contributed by atoms with Gasteiger partial charge in [-0.15, -0.1) is 0 Å². The highest BCUT2D eigenvalue weighted by molar-refractivity contribution is 5.89. The van der Waals surface area contributed by atoms with Gasteiger partial charge in [-0.05, 0) is 36.1 Å². The summed E-state index contributed by atoms with van der Waals surface area (Å²) in [6, 6.07) is 4.21. The maximum Gasteiger partial charge on any atom is 0.227 e. The number of nitrogens with zero attached hydrogens (tertiary/aromatic N) is 1. The molecule has 6 rings (SSSR count). The predicted octanol–water partition coefficient (Wildman–Crippen LogP) is 1.70. The van der Waals surface area contributed by atoms with Crippen molar-refractivity contribution < 1.29 is 23.7 Å². The molecule has 1 aromatic carbocycles. The van der Waals surface area contributed by atoms with Gasteiger partial charge in [-0.2, -0.15) is 0 Å². The van der Waals surface area contributed by atoms with Crippen molar-refractivity contribution in [1.29, 1.82) is 0 Å². The Morgan fingerprint density at radius 1 is 1.08 bits per heavy atom. The molecule has 2 saturated carbocycles. The molecule has 0 N–H and O–H groups in total. The normalized spacial score (nSPS) is 38.0. The Morgan fingerprint density at radius 2 is 1.81 bits per heavy atom. The van der Waals surface area contributed by atoms with Crippen molar-refractivity contribution in [2.45, 2.75) is 30.6 Å². The third-order valence-corrected chi connectivity index (χ3v) is 7.42. The van der Waals surface area contributed by atoms with E-state index in [9.17, 15) is 4.79 Å². The Kier molecular flexibility index (Phi) is 2.78. The lowest BCUT2D eigenvalue weighted by Gasteiger charge is -2.52. The van der Waals surface area contributed by atoms with Gasteiger partial charge in [0.2, 0.25) is 5.91 Å². The molecule has 3 heterocycles. The standard InChI is InChI=1S/C20H23NO5/c1-23-13-9-11-3-6-21-18(22)15-16-17(15)20(25-7-8-26-20)5-4-19(16,21)12(11)10-14(13)24-2/h9-10,15-17H,3-8H2,1-2H3/t15?,16-,17+,19-/m1/s1. The molecule has 6 nitrogen and oxygen atoms in total. The van der Waals surface area contributed by atoms with E-state index >= 15 is 0 Å². The van der Waals surface area contributed by atoms with E-state index in [2.05, 4.69) is 17.0 Å². The number of fused-ring (bicyclic) bond motifs is 3. The molecule has 3 aliphatic heterocycles. The molecular weight excluding hydrogens is 334 g/mol. The van der Waals surface area contributed by atoms with Gasteiger partial charge in [-0.3, -0.25) is 4.79 Å². The number of ether oxygens (including phenoxy) is 4. The first-order valence-electron chi connectivity index (χ1n) is 9.51. The van der Waals surface area contributed by atoms with Crippen molar-refractivity contribution in [3.8, 4) is 11.5 Å². The molecule has 4 atom stereocenters. The van der Waals surface area contributed by atoms with Crippen LogP contribution in [0.25, 0.3) is 0 Å². The number of benzene rings is 1. The largest absolute Gasteiger partial charge is 0.493 e. The van der Waals surface area contributed by atoms with Crippen LogP contribution in [-0.2, 0) is 26.2 Å². The highest BCUT2D eigenvalue weighted by Crippen LogP contribution is 2.75. The Balaban J connectivity index is 1.51. The average molecular weight is 357 g/mol. The Hall–Kier alpha value is -1.79. The zero-order chi connectivity index (χ0) is 17.7. The molecule has 6 heteroatoms. The van der Waals surface area contributed by atoms with Crippen molar-refractivity contribution in [2.24, 2.45) is 17.8 Å². The minimum Gasteiger partial charge on any atom is -0.493 e. The van der Waals surface area contributed by atoms with Gasteiger partial charge in [0.05, 0.1) is 38.9 Å². The van der Waals surface area contributed by atoms with Crippen LogP contribution in [-0.4, -0.2) is 50.6 Å². The molecule has 138 valence electrons. The molecule has 0 aromatic heterocycles. The van der Waals surface area contributed by atoms with Crippen molar-refractivity contribution in [3.63, 3.8) is 0 Å². The van der Waals surface area contributed by atoms with E-state index in [4.69, 9.17) is 18.9 Å². The number of carbonyl (C=O) groups excluding carboxylic acids is 1. The minimum atomic E-state index is -0.517. The van der Waals surface area contributed by atoms with E-state index < -0.39 is 5.79 Å². The maximum absolute atomic E-state index is 13.2. The van der Waals surface area contributed by atoms with Gasteiger partial charge in [0.25, 0.3) is 0 Å². The summed E-state index contributed by atoms with van der Waals surface area (Å²) in [4.78, 5) is 15.3. The molecule has 0 bridgehead atoms. The topological polar surface area (TPSA) is 57.2 Å². The van der Waals surface area contributed by atoms with Crippen LogP contribution >= 0.6 is 0 Å². The quantitative estimate of drug-likeness (QED) is 0.806. The van der Waals surface area contributed by atoms with Crippen LogP contribution in [0.4, 0.5) is 0 Å². The lowest BCUT2D eigenvalue weighted by molar-refractivity contribution is -0.213. The fourth-order valence-corrected chi connectivity index (χ4v) is 6.49. The summed E-state index contributed by atoms with van der Waals surface area (Å²) >= 11 is 0. The van der Waals surface area contributed by atoms with Gasteiger partial charge in [0.1, 0.15) is 0 Å². The summed E-state index contributed by atoms with van der Waals surface area (Å²) in [5.41, 5.74) is 2.31. The smallest absolute Gasteiger partial charge is 0.227 e. The Bertz CT molecular complexity index is 817. The first kappa shape index (κ1) is 15.3. The summed E-state index contributed by atoms with van der Waals surface area (Å²) in [5, 5.41) is 0. The van der Waals surface area contributed by atoms with Gasteiger partial charge >= 0.3 is 0 Å². The third kappa shape index (κ3) is 1.51. The summed E-state index contributed by atoms with van der Waals surface area (Å²) in [7, 11) is 3.34. The number of amides is 1. The number of hydrogen-bond donors (Lipinski definition) is 0. The monoisotopic (exact) mass is 357 g/mol. The van der Waals surface area contributed by atoms with Gasteiger partial charge in [-0.1, -0.05) is 0 Å². The molecule has 1 aromatic rings. The summed E-state index contributed by atoms with van der Waals surface area (Å²) in [5.74, 6) is 1.81. The number of piperidine rings is 1. The van der Waals surface area contributed by atoms with E-state index in [0.29, 0.717) is 25.0 Å². The second kappa shape index (κ2) is 4.73. The molecule has 1 amide bonds. The van der Waals surface area contributed by atoms with E-state index in [1.807, 2.05) is 0 Å². The second-order valence-corrected chi connectivity index (χ2v) is 8.11. The van der Waals surface area contributed by atoms with Gasteiger partial charge in [0, 0.05) is 24.8 Å². The van der Waals surface area contributed by atoms with Gasteiger partial charge in [-0.25, -0.2) is 0 Å². The van der Waals surface area contributed by atoms with Crippen LogP contribution in [0.5, 0.6) is 11.5 Å². The van der Waals surface area contributed by atoms with Crippen molar-refractivity contribution in [3.05, 3.63) is 23.3 Å². The summed E-state index contributed by atoms with van der Waals surface area (Å²) < 4.78 is 23.2. The zero-order valence-corrected chi connectivity index (χ0v) is 15.1. The van der Waals surface area contributed by atoms with Crippen LogP contribution in [0.1, 0.15) is 24.0 Å². The lowest BCUT2D eigenvalue weighted by atomic mass is 9.69. The first-order chi connectivity index (χ1) is 12.7. The summed E-state index contributed by atoms with van der Waals surface area (Å²) in [6.45, 7) is 2.07. The second-order valence-electron chi connectivity index (χ2n) is 8.11. The number of hydrogen-bond acceptors (Lipinski definition) is 5. The SMILES string of the molecule is COc1cc2c(cc1OC)[C@@]13CCC4(OCCO4)[C@H]4C(C(=O)N1CC2)[C@H]43. The van der Waals surface area contributed by atoms with Crippen molar-refractivity contribution in [1.82, 2.24) is 4.90 Å². The van der Waals surface area contributed by atoms with E-state index in [0.717, 1.165) is 37.3 Å². The maximum atomic E-state index is 13.2. The van der Waals surface area contributed by atoms with Gasteiger partial charge < -0.3 is 23.8 Å². The fourth-order valence-electron chi connectivity index (χ4n) is 6.49. The minimum absolute atomic E-state index is 0.0506. The van der Waals surface area contributed by atoms with Gasteiger partial charge in [0.15, 0.2) is 17.3 Å². The first-order valence-corrected chi connectivity index (χ1v) is 9.51. The van der Waals surface area contributed by atoms with Crippen LogP contribution < -0.4 is 9.47 Å². The third-order valence-electron chi connectivity index (χ3n) is 7.42. The fraction of sp³-hybridized carbons (Fsp3) is 0.650. The highest BCUT2D eigenvalue weighted by atomic mass is 16.7. The molecule has 2 spiro atoms. The van der Waals surface area contributed by atoms with E-state index in [1.165, 1.54) is 11.1 Å².